The van der Waals surface area contributed by atoms with Crippen molar-refractivity contribution in [3.8, 4) is 0 Å². The number of carbonyl (C=O) groups excluding carboxylic acids is 4. The first-order chi connectivity index (χ1) is 13.1. The standard InChI is InChI=1S/C15H27N5O6S2/c1-28-5-4-8(16)13(23)20-10(7-27)14(24)18-6-12(22)19-9(15(25)26)2-3-11(17)21/h8-10,27H,2-7,16H2,1H3,(H2,17,21)(H,18,24)(H,19,22)(H,20,23)(H,25,26). The molecule has 0 spiro atoms. The number of carboxylic acids is 1. The van der Waals surface area contributed by atoms with Gasteiger partial charge in [0.1, 0.15) is 12.1 Å². The van der Waals surface area contributed by atoms with Crippen molar-refractivity contribution in [1.29, 1.82) is 0 Å². The predicted molar refractivity (Wildman–Crippen MR) is 108 cm³/mol. The van der Waals surface area contributed by atoms with Crippen LogP contribution in [0.5, 0.6) is 0 Å². The molecule has 0 saturated carbocycles. The van der Waals surface area contributed by atoms with Gasteiger partial charge in [-0.25, -0.2) is 4.79 Å². The molecule has 28 heavy (non-hydrogen) atoms. The molecule has 0 aromatic heterocycles. The average Bonchev–Trinajstić information content (AvgIpc) is 2.64. The summed E-state index contributed by atoms with van der Waals surface area (Å²) >= 11 is 5.54. The lowest BCUT2D eigenvalue weighted by Crippen LogP contribution is -2.54. The monoisotopic (exact) mass is 437 g/mol. The summed E-state index contributed by atoms with van der Waals surface area (Å²) in [6, 6.07) is -3.09. The van der Waals surface area contributed by atoms with Crippen LogP contribution in [-0.2, 0) is 24.0 Å². The molecule has 0 aliphatic rings. The second kappa shape index (κ2) is 14.1. The van der Waals surface area contributed by atoms with E-state index in [0.29, 0.717) is 12.2 Å². The molecule has 3 unspecified atom stereocenters. The van der Waals surface area contributed by atoms with Crippen LogP contribution < -0.4 is 27.4 Å². The number of nitrogens with one attached hydrogen (secondary N) is 3. The summed E-state index contributed by atoms with van der Waals surface area (Å²) in [5, 5.41) is 15.9. The Bertz CT molecular complexity index is 577. The maximum absolute atomic E-state index is 12.1. The fourth-order valence-electron chi connectivity index (χ4n) is 1.93. The van der Waals surface area contributed by atoms with Crippen molar-refractivity contribution in [3.05, 3.63) is 0 Å². The van der Waals surface area contributed by atoms with Crippen molar-refractivity contribution < 1.29 is 29.1 Å². The molecule has 0 radical (unpaired) electrons. The van der Waals surface area contributed by atoms with Gasteiger partial charge in [-0.1, -0.05) is 0 Å². The molecule has 0 rings (SSSR count). The van der Waals surface area contributed by atoms with Gasteiger partial charge in [0.2, 0.25) is 23.6 Å². The number of thioether (sulfide) groups is 1. The van der Waals surface area contributed by atoms with Gasteiger partial charge in [0, 0.05) is 12.2 Å². The van der Waals surface area contributed by atoms with Gasteiger partial charge in [-0.3, -0.25) is 19.2 Å². The molecule has 160 valence electrons. The number of hydrogen-bond donors (Lipinski definition) is 7. The minimum Gasteiger partial charge on any atom is -0.480 e. The zero-order valence-corrected chi connectivity index (χ0v) is 17.2. The van der Waals surface area contributed by atoms with Gasteiger partial charge in [-0.15, -0.1) is 0 Å². The van der Waals surface area contributed by atoms with E-state index in [-0.39, 0.29) is 18.6 Å². The highest BCUT2D eigenvalue weighted by atomic mass is 32.2. The second-order valence-electron chi connectivity index (χ2n) is 5.81. The maximum Gasteiger partial charge on any atom is 0.326 e. The topological polar surface area (TPSA) is 194 Å². The van der Waals surface area contributed by atoms with Gasteiger partial charge in [-0.05, 0) is 24.9 Å². The van der Waals surface area contributed by atoms with Crippen LogP contribution >= 0.6 is 24.4 Å². The number of carboxylic acid groups (broad SMARTS) is 1. The first kappa shape index (κ1) is 26.0. The SMILES string of the molecule is CSCCC(N)C(=O)NC(CS)C(=O)NCC(=O)NC(CCC(N)=O)C(=O)O. The number of primary amides is 1. The molecule has 0 aromatic rings. The van der Waals surface area contributed by atoms with E-state index < -0.39 is 54.3 Å². The van der Waals surface area contributed by atoms with Crippen LogP contribution in [0.25, 0.3) is 0 Å². The molecule has 0 heterocycles. The van der Waals surface area contributed by atoms with Crippen molar-refractivity contribution >= 4 is 54.0 Å². The lowest BCUT2D eigenvalue weighted by molar-refractivity contribution is -0.142. The maximum atomic E-state index is 12.1. The third-order valence-corrected chi connectivity index (χ3v) is 4.53. The summed E-state index contributed by atoms with van der Waals surface area (Å²) in [6.07, 6.45) is 1.93. The Morgan fingerprint density at radius 2 is 1.71 bits per heavy atom. The first-order valence-electron chi connectivity index (χ1n) is 8.36. The smallest absolute Gasteiger partial charge is 0.326 e. The van der Waals surface area contributed by atoms with E-state index in [1.165, 1.54) is 11.8 Å². The molecule has 4 amide bonds. The van der Waals surface area contributed by atoms with Crippen LogP contribution in [0.3, 0.4) is 0 Å². The van der Waals surface area contributed by atoms with Crippen LogP contribution in [0.2, 0.25) is 0 Å². The number of nitrogens with two attached hydrogens (primary N) is 2. The fourth-order valence-corrected chi connectivity index (χ4v) is 2.68. The van der Waals surface area contributed by atoms with E-state index in [0.717, 1.165) is 0 Å². The van der Waals surface area contributed by atoms with Crippen LogP contribution in [0, 0.1) is 0 Å². The largest absolute Gasteiger partial charge is 0.480 e. The summed E-state index contributed by atoms with van der Waals surface area (Å²) in [6.45, 7) is -0.516. The van der Waals surface area contributed by atoms with E-state index in [1.54, 1.807) is 0 Å². The van der Waals surface area contributed by atoms with Crippen molar-refractivity contribution in [2.24, 2.45) is 11.5 Å². The Morgan fingerprint density at radius 1 is 1.07 bits per heavy atom. The van der Waals surface area contributed by atoms with Crippen molar-refractivity contribution in [3.63, 3.8) is 0 Å². The molecule has 0 saturated heterocycles. The quantitative estimate of drug-likeness (QED) is 0.144. The van der Waals surface area contributed by atoms with Gasteiger partial charge >= 0.3 is 5.97 Å². The molecule has 0 bridgehead atoms. The summed E-state index contributed by atoms with van der Waals surface area (Å²) in [4.78, 5) is 57.7. The molecule has 3 atom stereocenters. The molecule has 8 N–H and O–H groups in total. The number of amides is 4. The number of aliphatic carboxylic acids is 1. The Balaban J connectivity index is 4.53. The number of rotatable bonds is 14. The van der Waals surface area contributed by atoms with E-state index in [2.05, 4.69) is 28.6 Å². The fraction of sp³-hybridized carbons (Fsp3) is 0.667. The highest BCUT2D eigenvalue weighted by molar-refractivity contribution is 7.98. The minimum atomic E-state index is -1.33. The van der Waals surface area contributed by atoms with E-state index in [4.69, 9.17) is 16.6 Å². The molecular weight excluding hydrogens is 410 g/mol. The Kier molecular flexibility index (Phi) is 13.1. The highest BCUT2D eigenvalue weighted by Gasteiger charge is 2.24. The third kappa shape index (κ3) is 11.0. The Labute approximate surface area is 172 Å². The van der Waals surface area contributed by atoms with Crippen molar-refractivity contribution in [2.45, 2.75) is 37.4 Å². The third-order valence-electron chi connectivity index (χ3n) is 3.52. The van der Waals surface area contributed by atoms with E-state index >= 15 is 0 Å². The van der Waals surface area contributed by atoms with Crippen molar-refractivity contribution in [2.75, 3.05) is 24.3 Å². The summed E-state index contributed by atoms with van der Waals surface area (Å²) in [5.74, 6) is -3.31. The number of thiol groups is 1. The molecule has 0 fully saturated rings. The molecule has 0 aliphatic carbocycles. The molecule has 0 aliphatic heterocycles. The van der Waals surface area contributed by atoms with Crippen molar-refractivity contribution in [1.82, 2.24) is 16.0 Å². The highest BCUT2D eigenvalue weighted by Crippen LogP contribution is 2.00. The van der Waals surface area contributed by atoms with Gasteiger partial charge in [-0.2, -0.15) is 24.4 Å². The van der Waals surface area contributed by atoms with Crippen LogP contribution in [0.4, 0.5) is 0 Å². The molecule has 11 nitrogen and oxygen atoms in total. The lowest BCUT2D eigenvalue weighted by Gasteiger charge is -2.19. The van der Waals surface area contributed by atoms with Gasteiger partial charge in [0.15, 0.2) is 0 Å². The normalized spacial score (nSPS) is 13.7. The van der Waals surface area contributed by atoms with Crippen LogP contribution in [0.1, 0.15) is 19.3 Å². The van der Waals surface area contributed by atoms with Gasteiger partial charge < -0.3 is 32.5 Å². The zero-order valence-electron chi connectivity index (χ0n) is 15.5. The first-order valence-corrected chi connectivity index (χ1v) is 10.4. The van der Waals surface area contributed by atoms with E-state index in [9.17, 15) is 24.0 Å². The Hall–Kier alpha value is -1.99. The molecular formula is C15H27N5O6S2. The van der Waals surface area contributed by atoms with Crippen LogP contribution in [-0.4, -0.2) is 77.1 Å². The number of carbonyl (C=O) groups is 5. The van der Waals surface area contributed by atoms with Gasteiger partial charge in [0.25, 0.3) is 0 Å². The minimum absolute atomic E-state index is 0.0230. The van der Waals surface area contributed by atoms with E-state index in [1.807, 2.05) is 6.26 Å². The van der Waals surface area contributed by atoms with Gasteiger partial charge in [0.05, 0.1) is 12.6 Å². The summed E-state index contributed by atoms with van der Waals surface area (Å²) in [5.41, 5.74) is 10.7. The second-order valence-corrected chi connectivity index (χ2v) is 7.16. The molecule has 0 aromatic carbocycles. The predicted octanol–water partition coefficient (Wildman–Crippen LogP) is -2.57. The molecule has 13 heteroatoms. The summed E-state index contributed by atoms with van der Waals surface area (Å²) in [7, 11) is 0. The van der Waals surface area contributed by atoms with Crippen LogP contribution in [0.15, 0.2) is 0 Å². The summed E-state index contributed by atoms with van der Waals surface area (Å²) < 4.78 is 0. The zero-order chi connectivity index (χ0) is 21.7. The Morgan fingerprint density at radius 3 is 2.21 bits per heavy atom. The number of hydrogen-bond acceptors (Lipinski definition) is 8. The average molecular weight is 438 g/mol. The lowest BCUT2D eigenvalue weighted by atomic mass is 10.1.